The summed E-state index contributed by atoms with van der Waals surface area (Å²) in [5.74, 6) is 5.82. The molecule has 0 bridgehead atoms. The molecule has 0 saturated heterocycles. The first-order valence-corrected chi connectivity index (χ1v) is 7.38. The lowest BCUT2D eigenvalue weighted by molar-refractivity contribution is 0.0775. The van der Waals surface area contributed by atoms with Gasteiger partial charge in [0.15, 0.2) is 0 Å². The fourth-order valence-corrected chi connectivity index (χ4v) is 2.61. The third-order valence-corrected chi connectivity index (χ3v) is 3.80. The van der Waals surface area contributed by atoms with E-state index in [-0.39, 0.29) is 12.5 Å². The number of aliphatic hydroxyl groups is 1. The largest absolute Gasteiger partial charge is 0.395 e. The van der Waals surface area contributed by atoms with Gasteiger partial charge in [-0.2, -0.15) is 0 Å². The van der Waals surface area contributed by atoms with Crippen LogP contribution in [0.5, 0.6) is 0 Å². The topological polar surface area (TPSA) is 58.4 Å². The SMILES string of the molecule is CN(Cc1csc(C#CCCO)c1)C(=O)c1cncn1C. The van der Waals surface area contributed by atoms with Crippen molar-refractivity contribution in [2.45, 2.75) is 13.0 Å². The summed E-state index contributed by atoms with van der Waals surface area (Å²) in [4.78, 5) is 18.8. The number of amides is 1. The van der Waals surface area contributed by atoms with E-state index in [4.69, 9.17) is 5.11 Å². The van der Waals surface area contributed by atoms with Crippen molar-refractivity contribution in [1.82, 2.24) is 14.5 Å². The van der Waals surface area contributed by atoms with Crippen LogP contribution in [-0.2, 0) is 13.6 Å². The van der Waals surface area contributed by atoms with Crippen molar-refractivity contribution >= 4 is 17.2 Å². The minimum atomic E-state index is -0.0610. The molecule has 0 radical (unpaired) electrons. The summed E-state index contributed by atoms with van der Waals surface area (Å²) >= 11 is 1.54. The van der Waals surface area contributed by atoms with E-state index in [1.54, 1.807) is 47.4 Å². The zero-order valence-corrected chi connectivity index (χ0v) is 12.9. The monoisotopic (exact) mass is 303 g/mol. The third-order valence-electron chi connectivity index (χ3n) is 2.90. The standard InChI is InChI=1S/C15H17N3O2S/c1-17(15(20)14-8-16-11-18(14)2)9-12-7-13(21-10-12)5-3-4-6-19/h7-8,10-11,19H,4,6,9H2,1-2H3. The quantitative estimate of drug-likeness (QED) is 0.871. The summed E-state index contributed by atoms with van der Waals surface area (Å²) < 4.78 is 1.71. The second-order valence-corrected chi connectivity index (χ2v) is 5.56. The van der Waals surface area contributed by atoms with Crippen molar-refractivity contribution in [2.24, 2.45) is 7.05 Å². The molecule has 2 aromatic heterocycles. The molecule has 0 unspecified atom stereocenters. The van der Waals surface area contributed by atoms with Gasteiger partial charge in [0, 0.05) is 27.1 Å². The molecule has 6 heteroatoms. The summed E-state index contributed by atoms with van der Waals surface area (Å²) in [6, 6.07) is 1.97. The summed E-state index contributed by atoms with van der Waals surface area (Å²) in [6.07, 6.45) is 3.66. The average molecular weight is 303 g/mol. The highest BCUT2D eigenvalue weighted by Gasteiger charge is 2.15. The van der Waals surface area contributed by atoms with Crippen LogP contribution in [-0.4, -0.2) is 39.1 Å². The van der Waals surface area contributed by atoms with Gasteiger partial charge in [-0.3, -0.25) is 4.79 Å². The van der Waals surface area contributed by atoms with Crippen molar-refractivity contribution in [3.05, 3.63) is 40.1 Å². The zero-order chi connectivity index (χ0) is 15.2. The number of carbonyl (C=O) groups excluding carboxylic acids is 1. The molecule has 1 N–H and O–H groups in total. The van der Waals surface area contributed by atoms with Gasteiger partial charge in [0.25, 0.3) is 5.91 Å². The number of nitrogens with zero attached hydrogens (tertiary/aromatic N) is 3. The third kappa shape index (κ3) is 3.94. The number of carbonyl (C=O) groups is 1. The van der Waals surface area contributed by atoms with E-state index in [0.717, 1.165) is 10.4 Å². The Balaban J connectivity index is 2.00. The van der Waals surface area contributed by atoms with E-state index in [0.29, 0.717) is 18.7 Å². The average Bonchev–Trinajstić information content (AvgIpc) is 3.07. The number of aryl methyl sites for hydroxylation is 1. The zero-order valence-electron chi connectivity index (χ0n) is 12.0. The van der Waals surface area contributed by atoms with Gasteiger partial charge >= 0.3 is 0 Å². The van der Waals surface area contributed by atoms with Crippen molar-refractivity contribution in [3.8, 4) is 11.8 Å². The summed E-state index contributed by atoms with van der Waals surface area (Å²) in [7, 11) is 3.57. The van der Waals surface area contributed by atoms with Crippen LogP contribution in [0.1, 0.15) is 27.3 Å². The van der Waals surface area contributed by atoms with E-state index in [1.807, 2.05) is 11.4 Å². The smallest absolute Gasteiger partial charge is 0.272 e. The molecule has 0 aliphatic heterocycles. The summed E-state index contributed by atoms with van der Waals surface area (Å²) in [6.45, 7) is 0.607. The lowest BCUT2D eigenvalue weighted by Gasteiger charge is -2.16. The Morgan fingerprint density at radius 3 is 3.05 bits per heavy atom. The molecular formula is C15H17N3O2S. The summed E-state index contributed by atoms with van der Waals surface area (Å²) in [5, 5.41) is 10.7. The Hall–Kier alpha value is -2.10. The molecule has 2 rings (SSSR count). The van der Waals surface area contributed by atoms with Crippen LogP contribution in [0.25, 0.3) is 0 Å². The van der Waals surface area contributed by atoms with E-state index < -0.39 is 0 Å². The van der Waals surface area contributed by atoms with Crippen LogP contribution in [0.15, 0.2) is 24.0 Å². The normalized spacial score (nSPS) is 10.0. The number of imidazole rings is 1. The highest BCUT2D eigenvalue weighted by atomic mass is 32.1. The number of hydrogen-bond donors (Lipinski definition) is 1. The maximum Gasteiger partial charge on any atom is 0.272 e. The minimum absolute atomic E-state index is 0.0610. The molecule has 5 nitrogen and oxygen atoms in total. The maximum absolute atomic E-state index is 12.3. The Morgan fingerprint density at radius 2 is 2.38 bits per heavy atom. The molecule has 0 fully saturated rings. The fraction of sp³-hybridized carbons (Fsp3) is 0.333. The Kier molecular flexibility index (Phi) is 5.14. The van der Waals surface area contributed by atoms with Crippen LogP contribution in [0.3, 0.4) is 0 Å². The molecule has 0 spiro atoms. The maximum atomic E-state index is 12.3. The van der Waals surface area contributed by atoms with Gasteiger partial charge < -0.3 is 14.6 Å². The predicted molar refractivity (Wildman–Crippen MR) is 81.9 cm³/mol. The van der Waals surface area contributed by atoms with Crippen LogP contribution >= 0.6 is 11.3 Å². The first-order chi connectivity index (χ1) is 10.1. The van der Waals surface area contributed by atoms with Crippen molar-refractivity contribution < 1.29 is 9.90 Å². The highest BCUT2D eigenvalue weighted by Crippen LogP contribution is 2.16. The Bertz CT molecular complexity index is 678. The number of hydrogen-bond acceptors (Lipinski definition) is 4. The second-order valence-electron chi connectivity index (χ2n) is 4.65. The number of rotatable bonds is 4. The molecule has 2 aromatic rings. The lowest BCUT2D eigenvalue weighted by atomic mass is 10.2. The molecule has 0 aliphatic rings. The fourth-order valence-electron chi connectivity index (χ4n) is 1.83. The Labute approximate surface area is 127 Å². The molecule has 0 aromatic carbocycles. The van der Waals surface area contributed by atoms with Crippen molar-refractivity contribution in [1.29, 1.82) is 0 Å². The van der Waals surface area contributed by atoms with Gasteiger partial charge in [0.05, 0.1) is 24.0 Å². The van der Waals surface area contributed by atoms with Crippen LogP contribution in [0.4, 0.5) is 0 Å². The minimum Gasteiger partial charge on any atom is -0.395 e. The van der Waals surface area contributed by atoms with Gasteiger partial charge in [-0.25, -0.2) is 4.98 Å². The van der Waals surface area contributed by atoms with Crippen LogP contribution in [0, 0.1) is 11.8 Å². The predicted octanol–water partition coefficient (Wildman–Crippen LogP) is 1.49. The van der Waals surface area contributed by atoms with Gasteiger partial charge in [-0.1, -0.05) is 11.8 Å². The first-order valence-electron chi connectivity index (χ1n) is 6.50. The lowest BCUT2D eigenvalue weighted by Crippen LogP contribution is -2.27. The Morgan fingerprint density at radius 1 is 1.57 bits per heavy atom. The molecule has 0 saturated carbocycles. The van der Waals surface area contributed by atoms with Crippen molar-refractivity contribution in [2.75, 3.05) is 13.7 Å². The molecule has 1 amide bonds. The first kappa shape index (κ1) is 15.3. The van der Waals surface area contributed by atoms with E-state index >= 15 is 0 Å². The molecule has 0 aliphatic carbocycles. The van der Waals surface area contributed by atoms with Crippen LogP contribution < -0.4 is 0 Å². The molecule has 0 atom stereocenters. The second kappa shape index (κ2) is 7.07. The number of aromatic nitrogens is 2. The molecule has 110 valence electrons. The molecule has 2 heterocycles. The van der Waals surface area contributed by atoms with E-state index in [2.05, 4.69) is 16.8 Å². The highest BCUT2D eigenvalue weighted by molar-refractivity contribution is 7.10. The van der Waals surface area contributed by atoms with E-state index in [1.165, 1.54) is 0 Å². The van der Waals surface area contributed by atoms with Crippen LogP contribution in [0.2, 0.25) is 0 Å². The van der Waals surface area contributed by atoms with E-state index in [9.17, 15) is 4.79 Å². The van der Waals surface area contributed by atoms with Gasteiger partial charge in [-0.05, 0) is 17.0 Å². The number of aliphatic hydroxyl groups excluding tert-OH is 1. The summed E-state index contributed by atoms with van der Waals surface area (Å²) in [5.41, 5.74) is 1.61. The number of thiophene rings is 1. The molecular weight excluding hydrogens is 286 g/mol. The van der Waals surface area contributed by atoms with Crippen molar-refractivity contribution in [3.63, 3.8) is 0 Å². The molecule has 21 heavy (non-hydrogen) atoms. The van der Waals surface area contributed by atoms with Gasteiger partial charge in [0.1, 0.15) is 5.69 Å². The van der Waals surface area contributed by atoms with Gasteiger partial charge in [0.2, 0.25) is 0 Å². The van der Waals surface area contributed by atoms with Gasteiger partial charge in [-0.15, -0.1) is 11.3 Å².